The smallest absolute Gasteiger partial charge is 0.257 e. The number of hydrogen-bond acceptors (Lipinski definition) is 6. The summed E-state index contributed by atoms with van der Waals surface area (Å²) in [6.07, 6.45) is 0. The number of carbonyl (C=O) groups excluding carboxylic acids is 1. The third-order valence-electron chi connectivity index (χ3n) is 3.50. The number of fused-ring (bicyclic) bond motifs is 1. The molecule has 25 heavy (non-hydrogen) atoms. The van der Waals surface area contributed by atoms with Gasteiger partial charge in [-0.25, -0.2) is 4.98 Å². The lowest BCUT2D eigenvalue weighted by Crippen LogP contribution is -2.12. The highest BCUT2D eigenvalue weighted by Gasteiger charge is 2.13. The minimum absolute atomic E-state index is 0.277. The summed E-state index contributed by atoms with van der Waals surface area (Å²) in [6, 6.07) is 10.7. The second-order valence-electron chi connectivity index (χ2n) is 5.14. The highest BCUT2D eigenvalue weighted by atomic mass is 32.1. The van der Waals surface area contributed by atoms with Crippen molar-refractivity contribution in [2.24, 2.45) is 0 Å². The van der Waals surface area contributed by atoms with Gasteiger partial charge in [-0.1, -0.05) is 11.3 Å². The van der Waals surface area contributed by atoms with Gasteiger partial charge >= 0.3 is 0 Å². The van der Waals surface area contributed by atoms with Crippen LogP contribution in [-0.4, -0.2) is 31.7 Å². The van der Waals surface area contributed by atoms with Crippen molar-refractivity contribution in [3.8, 4) is 17.2 Å². The summed E-state index contributed by atoms with van der Waals surface area (Å²) in [5, 5.41) is 3.34. The van der Waals surface area contributed by atoms with Gasteiger partial charge in [-0.05, 0) is 31.2 Å². The van der Waals surface area contributed by atoms with Crippen molar-refractivity contribution >= 4 is 32.6 Å². The number of methoxy groups -OCH3 is 2. The van der Waals surface area contributed by atoms with Gasteiger partial charge in [-0.15, -0.1) is 0 Å². The molecule has 0 aliphatic heterocycles. The Kier molecular flexibility index (Phi) is 5.04. The van der Waals surface area contributed by atoms with Crippen LogP contribution in [0.1, 0.15) is 17.3 Å². The summed E-state index contributed by atoms with van der Waals surface area (Å²) in [4.78, 5) is 17.0. The average molecular weight is 358 g/mol. The minimum Gasteiger partial charge on any atom is -0.497 e. The molecule has 0 unspecified atom stereocenters. The molecule has 7 heteroatoms. The van der Waals surface area contributed by atoms with Gasteiger partial charge in [0.1, 0.15) is 17.2 Å². The number of benzene rings is 2. The van der Waals surface area contributed by atoms with Crippen LogP contribution >= 0.6 is 11.3 Å². The van der Waals surface area contributed by atoms with E-state index in [0.29, 0.717) is 28.8 Å². The van der Waals surface area contributed by atoms with Gasteiger partial charge in [0.05, 0.1) is 31.0 Å². The van der Waals surface area contributed by atoms with Gasteiger partial charge in [-0.3, -0.25) is 10.1 Å². The minimum atomic E-state index is -0.277. The quantitative estimate of drug-likeness (QED) is 0.722. The summed E-state index contributed by atoms with van der Waals surface area (Å²) in [6.45, 7) is 2.52. The Morgan fingerprint density at radius 3 is 2.44 bits per heavy atom. The Bertz CT molecular complexity index is 885. The van der Waals surface area contributed by atoms with Crippen LogP contribution in [0.3, 0.4) is 0 Å². The normalized spacial score (nSPS) is 10.5. The molecule has 0 atom stereocenters. The number of hydrogen-bond donors (Lipinski definition) is 1. The Morgan fingerprint density at radius 1 is 1.08 bits per heavy atom. The van der Waals surface area contributed by atoms with Gasteiger partial charge in [0.25, 0.3) is 5.91 Å². The molecule has 130 valence electrons. The standard InChI is InChI=1S/C18H18N2O4S/c1-4-24-12-5-6-16-15(10-12)19-18(25-16)20-17(21)11-7-13(22-2)9-14(8-11)23-3/h5-10H,4H2,1-3H3,(H,19,20,21). The Morgan fingerprint density at radius 2 is 1.80 bits per heavy atom. The van der Waals surface area contributed by atoms with Crippen LogP contribution in [0.2, 0.25) is 0 Å². The molecule has 3 rings (SSSR count). The van der Waals surface area contributed by atoms with Crippen LogP contribution in [0.15, 0.2) is 36.4 Å². The first-order valence-corrected chi connectivity index (χ1v) is 8.52. The van der Waals surface area contributed by atoms with Crippen LogP contribution in [0.5, 0.6) is 17.2 Å². The molecule has 1 amide bonds. The summed E-state index contributed by atoms with van der Waals surface area (Å²) in [5.41, 5.74) is 1.22. The number of ether oxygens (including phenoxy) is 3. The zero-order valence-corrected chi connectivity index (χ0v) is 15.0. The van der Waals surface area contributed by atoms with Crippen molar-refractivity contribution in [3.63, 3.8) is 0 Å². The van der Waals surface area contributed by atoms with Crippen LogP contribution in [0, 0.1) is 0 Å². The maximum Gasteiger partial charge on any atom is 0.257 e. The predicted octanol–water partition coefficient (Wildman–Crippen LogP) is 3.96. The second kappa shape index (κ2) is 7.40. The van der Waals surface area contributed by atoms with Gasteiger partial charge < -0.3 is 14.2 Å². The van der Waals surface area contributed by atoms with Crippen molar-refractivity contribution < 1.29 is 19.0 Å². The SMILES string of the molecule is CCOc1ccc2sc(NC(=O)c3cc(OC)cc(OC)c3)nc2c1. The molecule has 0 aliphatic carbocycles. The van der Waals surface area contributed by atoms with E-state index in [4.69, 9.17) is 14.2 Å². The largest absolute Gasteiger partial charge is 0.497 e. The molecule has 0 radical (unpaired) electrons. The zero-order chi connectivity index (χ0) is 17.8. The van der Waals surface area contributed by atoms with E-state index in [1.54, 1.807) is 32.4 Å². The molecule has 1 heterocycles. The maximum absolute atomic E-state index is 12.5. The van der Waals surface area contributed by atoms with Crippen LogP contribution in [0.4, 0.5) is 5.13 Å². The van der Waals surface area contributed by atoms with E-state index >= 15 is 0 Å². The second-order valence-corrected chi connectivity index (χ2v) is 6.17. The molecule has 0 bridgehead atoms. The maximum atomic E-state index is 12.5. The Labute approximate surface area is 149 Å². The van der Waals surface area contributed by atoms with Crippen LogP contribution < -0.4 is 19.5 Å². The third-order valence-corrected chi connectivity index (χ3v) is 4.46. The lowest BCUT2D eigenvalue weighted by molar-refractivity contribution is 0.102. The molecular formula is C18H18N2O4S. The fourth-order valence-corrected chi connectivity index (χ4v) is 3.17. The number of nitrogens with zero attached hydrogens (tertiary/aromatic N) is 1. The number of thiazole rings is 1. The lowest BCUT2D eigenvalue weighted by atomic mass is 10.2. The number of rotatable bonds is 6. The van der Waals surface area contributed by atoms with Crippen molar-refractivity contribution in [1.29, 1.82) is 0 Å². The van der Waals surface area contributed by atoms with E-state index < -0.39 is 0 Å². The molecule has 0 aliphatic rings. The Hall–Kier alpha value is -2.80. The molecule has 1 aromatic heterocycles. The molecule has 0 saturated carbocycles. The van der Waals surface area contributed by atoms with E-state index in [1.165, 1.54) is 11.3 Å². The number of carbonyl (C=O) groups is 1. The molecule has 3 aromatic rings. The predicted molar refractivity (Wildman–Crippen MR) is 98.3 cm³/mol. The molecule has 0 spiro atoms. The van der Waals surface area contributed by atoms with Gasteiger partial charge in [-0.2, -0.15) is 0 Å². The number of anilines is 1. The summed E-state index contributed by atoms with van der Waals surface area (Å²) in [5.74, 6) is 1.59. The third kappa shape index (κ3) is 3.83. The molecule has 0 saturated heterocycles. The molecule has 2 aromatic carbocycles. The molecule has 0 fully saturated rings. The zero-order valence-electron chi connectivity index (χ0n) is 14.2. The van der Waals surface area contributed by atoms with Crippen molar-refractivity contribution in [1.82, 2.24) is 4.98 Å². The number of amides is 1. The van der Waals surface area contributed by atoms with E-state index in [0.717, 1.165) is 16.0 Å². The van der Waals surface area contributed by atoms with Gasteiger partial charge in [0, 0.05) is 17.7 Å². The molecular weight excluding hydrogens is 340 g/mol. The fraction of sp³-hybridized carbons (Fsp3) is 0.222. The van der Waals surface area contributed by atoms with E-state index in [1.807, 2.05) is 25.1 Å². The Balaban J connectivity index is 1.84. The van der Waals surface area contributed by atoms with Crippen molar-refractivity contribution in [2.45, 2.75) is 6.92 Å². The molecule has 6 nitrogen and oxygen atoms in total. The van der Waals surface area contributed by atoms with Gasteiger partial charge in [0.2, 0.25) is 0 Å². The topological polar surface area (TPSA) is 69.7 Å². The monoisotopic (exact) mass is 358 g/mol. The van der Waals surface area contributed by atoms with Crippen LogP contribution in [0.25, 0.3) is 10.2 Å². The van der Waals surface area contributed by atoms with Gasteiger partial charge in [0.15, 0.2) is 5.13 Å². The van der Waals surface area contributed by atoms with E-state index in [-0.39, 0.29) is 5.91 Å². The lowest BCUT2D eigenvalue weighted by Gasteiger charge is -2.07. The first kappa shape index (κ1) is 17.0. The first-order valence-electron chi connectivity index (χ1n) is 7.70. The molecule has 1 N–H and O–H groups in total. The number of nitrogens with one attached hydrogen (secondary N) is 1. The van der Waals surface area contributed by atoms with Crippen LogP contribution in [-0.2, 0) is 0 Å². The highest BCUT2D eigenvalue weighted by Crippen LogP contribution is 2.30. The average Bonchev–Trinajstić information content (AvgIpc) is 3.02. The van der Waals surface area contributed by atoms with Crippen molar-refractivity contribution in [3.05, 3.63) is 42.0 Å². The van der Waals surface area contributed by atoms with E-state index in [2.05, 4.69) is 10.3 Å². The van der Waals surface area contributed by atoms with Crippen molar-refractivity contribution in [2.75, 3.05) is 26.1 Å². The fourth-order valence-electron chi connectivity index (χ4n) is 2.32. The summed E-state index contributed by atoms with van der Waals surface area (Å²) >= 11 is 1.41. The summed E-state index contributed by atoms with van der Waals surface area (Å²) < 4.78 is 16.8. The first-order chi connectivity index (χ1) is 12.1. The number of aromatic nitrogens is 1. The summed E-state index contributed by atoms with van der Waals surface area (Å²) in [7, 11) is 3.08. The van der Waals surface area contributed by atoms with E-state index in [9.17, 15) is 4.79 Å². The highest BCUT2D eigenvalue weighted by molar-refractivity contribution is 7.22.